The molecule has 1 aromatic carbocycles. The molecule has 18 heavy (non-hydrogen) atoms. The summed E-state index contributed by atoms with van der Waals surface area (Å²) in [4.78, 5) is 11.9. The van der Waals surface area contributed by atoms with E-state index in [1.807, 2.05) is 13.8 Å². The Morgan fingerprint density at radius 2 is 1.94 bits per heavy atom. The Kier molecular flexibility index (Phi) is 4.40. The van der Waals surface area contributed by atoms with Crippen LogP contribution >= 0.6 is 0 Å². The van der Waals surface area contributed by atoms with E-state index in [-0.39, 0.29) is 11.9 Å². The zero-order valence-electron chi connectivity index (χ0n) is 11.4. The van der Waals surface area contributed by atoms with E-state index in [1.165, 1.54) is 30.4 Å². The van der Waals surface area contributed by atoms with Crippen LogP contribution in [0.4, 0.5) is 0 Å². The van der Waals surface area contributed by atoms with Gasteiger partial charge in [0.25, 0.3) is 0 Å². The molecule has 1 unspecified atom stereocenters. The van der Waals surface area contributed by atoms with Gasteiger partial charge in [-0.2, -0.15) is 0 Å². The highest BCUT2D eigenvalue weighted by Gasteiger charge is 2.21. The van der Waals surface area contributed by atoms with Crippen LogP contribution in [0.15, 0.2) is 18.2 Å². The molecule has 98 valence electrons. The van der Waals surface area contributed by atoms with Gasteiger partial charge in [-0.25, -0.2) is 0 Å². The third kappa shape index (κ3) is 2.74. The molecule has 2 rings (SSSR count). The van der Waals surface area contributed by atoms with Crippen molar-refractivity contribution in [2.45, 2.75) is 51.9 Å². The second-order valence-electron chi connectivity index (χ2n) is 4.95. The average Bonchev–Trinajstić information content (AvgIpc) is 2.40. The first kappa shape index (κ1) is 13.1. The van der Waals surface area contributed by atoms with Crippen molar-refractivity contribution in [3.05, 3.63) is 34.9 Å². The summed E-state index contributed by atoms with van der Waals surface area (Å²) in [5.74, 6) is -0.187. The monoisotopic (exact) mass is 246 g/mol. The van der Waals surface area contributed by atoms with Crippen molar-refractivity contribution < 1.29 is 9.53 Å². The molecule has 0 N–H and O–H groups in total. The van der Waals surface area contributed by atoms with Crippen molar-refractivity contribution in [2.75, 3.05) is 6.61 Å². The van der Waals surface area contributed by atoms with Crippen LogP contribution < -0.4 is 0 Å². The first-order chi connectivity index (χ1) is 8.76. The number of hydrogen-bond donors (Lipinski definition) is 0. The fraction of sp³-hybridized carbons (Fsp3) is 0.562. The van der Waals surface area contributed by atoms with Gasteiger partial charge in [-0.15, -0.1) is 0 Å². The summed E-state index contributed by atoms with van der Waals surface area (Å²) < 4.78 is 5.15. The van der Waals surface area contributed by atoms with Crippen molar-refractivity contribution in [2.24, 2.45) is 0 Å². The lowest BCUT2D eigenvalue weighted by atomic mass is 9.87. The first-order valence-electron chi connectivity index (χ1n) is 7.04. The molecular weight excluding hydrogens is 224 g/mol. The summed E-state index contributed by atoms with van der Waals surface area (Å²) in [6, 6.07) is 6.53. The first-order valence-corrected chi connectivity index (χ1v) is 7.04. The topological polar surface area (TPSA) is 26.3 Å². The van der Waals surface area contributed by atoms with Crippen LogP contribution in [0.5, 0.6) is 0 Å². The van der Waals surface area contributed by atoms with Gasteiger partial charge in [-0.05, 0) is 55.7 Å². The van der Waals surface area contributed by atoms with E-state index in [1.54, 1.807) is 0 Å². The van der Waals surface area contributed by atoms with Gasteiger partial charge in [-0.3, -0.25) is 4.79 Å². The number of fused-ring (bicyclic) bond motifs is 1. The molecule has 0 radical (unpaired) electrons. The van der Waals surface area contributed by atoms with Crippen molar-refractivity contribution in [3.8, 4) is 0 Å². The molecule has 0 fully saturated rings. The van der Waals surface area contributed by atoms with Gasteiger partial charge >= 0.3 is 5.97 Å². The van der Waals surface area contributed by atoms with Gasteiger partial charge < -0.3 is 4.74 Å². The van der Waals surface area contributed by atoms with Crippen LogP contribution in [0.1, 0.15) is 55.7 Å². The molecule has 0 saturated heterocycles. The highest BCUT2D eigenvalue weighted by molar-refractivity contribution is 5.78. The van der Waals surface area contributed by atoms with Crippen LogP contribution in [0.25, 0.3) is 0 Å². The Morgan fingerprint density at radius 1 is 1.22 bits per heavy atom. The summed E-state index contributed by atoms with van der Waals surface area (Å²) in [5, 5.41) is 0. The second kappa shape index (κ2) is 6.03. The number of benzene rings is 1. The number of esters is 1. The van der Waals surface area contributed by atoms with Crippen molar-refractivity contribution in [3.63, 3.8) is 0 Å². The predicted molar refractivity (Wildman–Crippen MR) is 72.7 cm³/mol. The highest BCUT2D eigenvalue weighted by Crippen LogP contribution is 2.27. The van der Waals surface area contributed by atoms with Crippen LogP contribution in [0.2, 0.25) is 0 Å². The lowest BCUT2D eigenvalue weighted by Crippen LogP contribution is -2.16. The molecule has 1 aliphatic rings. The summed E-state index contributed by atoms with van der Waals surface area (Å²) >= 11 is 0. The molecule has 0 saturated carbocycles. The Hall–Kier alpha value is -1.31. The number of carbonyl (C=O) groups excluding carboxylic acids is 1. The summed E-state index contributed by atoms with van der Waals surface area (Å²) in [7, 11) is 0. The van der Waals surface area contributed by atoms with Crippen molar-refractivity contribution in [1.82, 2.24) is 0 Å². The molecule has 0 aliphatic heterocycles. The van der Waals surface area contributed by atoms with Gasteiger partial charge in [0.05, 0.1) is 12.5 Å². The smallest absolute Gasteiger partial charge is 0.313 e. The van der Waals surface area contributed by atoms with E-state index in [0.29, 0.717) is 6.61 Å². The van der Waals surface area contributed by atoms with Crippen LogP contribution in [-0.4, -0.2) is 12.6 Å². The second-order valence-corrected chi connectivity index (χ2v) is 4.95. The Labute approximate surface area is 109 Å². The number of carbonyl (C=O) groups is 1. The maximum absolute atomic E-state index is 11.9. The van der Waals surface area contributed by atoms with Crippen molar-refractivity contribution >= 4 is 5.97 Å². The Morgan fingerprint density at radius 3 is 2.61 bits per heavy atom. The third-order valence-electron chi connectivity index (χ3n) is 3.75. The number of hydrogen-bond acceptors (Lipinski definition) is 2. The normalized spacial score (nSPS) is 15.9. The number of rotatable bonds is 4. The quantitative estimate of drug-likeness (QED) is 0.758. The maximum atomic E-state index is 11.9. The van der Waals surface area contributed by atoms with Gasteiger partial charge in [0, 0.05) is 0 Å². The maximum Gasteiger partial charge on any atom is 0.313 e. The SMILES string of the molecule is CCOC(=O)C(CC)c1ccc2c(c1)CCCC2. The van der Waals surface area contributed by atoms with Gasteiger partial charge in [-0.1, -0.05) is 25.1 Å². The Bertz CT molecular complexity index is 423. The van der Waals surface area contributed by atoms with E-state index < -0.39 is 0 Å². The molecule has 2 nitrogen and oxygen atoms in total. The molecule has 1 aromatic rings. The summed E-state index contributed by atoms with van der Waals surface area (Å²) in [6.07, 6.45) is 5.71. The zero-order chi connectivity index (χ0) is 13.0. The minimum Gasteiger partial charge on any atom is -0.466 e. The highest BCUT2D eigenvalue weighted by atomic mass is 16.5. The van der Waals surface area contributed by atoms with E-state index in [9.17, 15) is 4.79 Å². The molecular formula is C16H22O2. The van der Waals surface area contributed by atoms with E-state index in [2.05, 4.69) is 18.2 Å². The fourth-order valence-corrected chi connectivity index (χ4v) is 2.75. The van der Waals surface area contributed by atoms with E-state index >= 15 is 0 Å². The number of ether oxygens (including phenoxy) is 1. The molecule has 0 spiro atoms. The lowest BCUT2D eigenvalue weighted by Gasteiger charge is -2.19. The Balaban J connectivity index is 2.23. The van der Waals surface area contributed by atoms with E-state index in [4.69, 9.17) is 4.74 Å². The number of aryl methyl sites for hydroxylation is 2. The lowest BCUT2D eigenvalue weighted by molar-refractivity contribution is -0.145. The zero-order valence-corrected chi connectivity index (χ0v) is 11.4. The fourth-order valence-electron chi connectivity index (χ4n) is 2.75. The van der Waals surface area contributed by atoms with Crippen molar-refractivity contribution in [1.29, 1.82) is 0 Å². The van der Waals surface area contributed by atoms with Gasteiger partial charge in [0.1, 0.15) is 0 Å². The largest absolute Gasteiger partial charge is 0.466 e. The summed E-state index contributed by atoms with van der Waals surface area (Å²) in [5.41, 5.74) is 4.02. The molecule has 1 atom stereocenters. The molecule has 1 aliphatic carbocycles. The molecule has 0 bridgehead atoms. The van der Waals surface area contributed by atoms with Gasteiger partial charge in [0.2, 0.25) is 0 Å². The standard InChI is InChI=1S/C16H22O2/c1-3-15(16(17)18-4-2)14-10-9-12-7-5-6-8-13(12)11-14/h9-11,15H,3-8H2,1-2H3. The van der Waals surface area contributed by atoms with Crippen LogP contribution in [-0.2, 0) is 22.4 Å². The van der Waals surface area contributed by atoms with Crippen LogP contribution in [0, 0.1) is 0 Å². The molecule has 0 amide bonds. The molecule has 0 aromatic heterocycles. The molecule has 0 heterocycles. The van der Waals surface area contributed by atoms with E-state index in [0.717, 1.165) is 18.4 Å². The minimum absolute atomic E-state index is 0.0873. The van der Waals surface area contributed by atoms with Gasteiger partial charge in [0.15, 0.2) is 0 Å². The summed E-state index contributed by atoms with van der Waals surface area (Å²) in [6.45, 7) is 4.36. The minimum atomic E-state index is -0.0998. The van der Waals surface area contributed by atoms with Crippen LogP contribution in [0.3, 0.4) is 0 Å². The molecule has 2 heteroatoms. The predicted octanol–water partition coefficient (Wildman–Crippen LogP) is 3.62. The third-order valence-corrected chi connectivity index (χ3v) is 3.75. The average molecular weight is 246 g/mol.